The molecule has 0 bridgehead atoms. The zero-order valence-electron chi connectivity index (χ0n) is 26.8. The fourth-order valence-corrected chi connectivity index (χ4v) is 7.41. The molecule has 8 nitrogen and oxygen atoms in total. The molecule has 16 heteroatoms. The van der Waals surface area contributed by atoms with Crippen LogP contribution in [0.1, 0.15) is 31.2 Å². The molecule has 0 unspecified atom stereocenters. The second-order valence-electron chi connectivity index (χ2n) is 13.5. The molecule has 0 N–H and O–H groups in total. The molecule has 4 atom stereocenters. The van der Waals surface area contributed by atoms with Gasteiger partial charge in [0.1, 0.15) is 18.8 Å². The molecule has 2 heterocycles. The van der Waals surface area contributed by atoms with Crippen molar-refractivity contribution in [1.29, 1.82) is 0 Å². The van der Waals surface area contributed by atoms with Gasteiger partial charge in [-0.1, -0.05) is 92.1 Å². The Labute approximate surface area is 283 Å². The maximum Gasteiger partial charge on any atom is 0.587 e. The number of fused-ring (bicyclic) bond motifs is 3. The third-order valence-electron chi connectivity index (χ3n) is 9.79. The molecule has 4 aromatic carbocycles. The Morgan fingerprint density at radius 3 is 1.74 bits per heavy atom. The summed E-state index contributed by atoms with van der Waals surface area (Å²) in [6.07, 6.45) is -2.81. The van der Waals surface area contributed by atoms with Crippen LogP contribution in [0.5, 0.6) is 5.75 Å². The zero-order chi connectivity index (χ0) is 36.3. The highest BCUT2D eigenvalue weighted by Gasteiger charge is 2.73. The average molecular weight is 723 g/mol. The summed E-state index contributed by atoms with van der Waals surface area (Å²) in [5, 5.41) is 3.44. The van der Waals surface area contributed by atoms with Crippen LogP contribution in [-0.4, -0.2) is 63.3 Å². The van der Waals surface area contributed by atoms with Crippen LogP contribution in [0.25, 0.3) is 21.5 Å². The summed E-state index contributed by atoms with van der Waals surface area (Å²) in [6.45, 7) is 0.913. The van der Waals surface area contributed by atoms with Crippen LogP contribution < -0.4 is 4.18 Å². The number of benzene rings is 4. The Hall–Kier alpha value is -4.31. The van der Waals surface area contributed by atoms with Crippen molar-refractivity contribution in [2.24, 2.45) is 11.8 Å². The summed E-state index contributed by atoms with van der Waals surface area (Å²) in [5.41, 5.74) is -4.62. The Kier molecular flexibility index (Phi) is 8.86. The van der Waals surface area contributed by atoms with E-state index in [2.05, 4.69) is 11.1 Å². The first-order valence-electron chi connectivity index (χ1n) is 15.8. The highest BCUT2D eigenvalue weighted by Crippen LogP contribution is 2.58. The van der Waals surface area contributed by atoms with E-state index >= 15 is 0 Å². The van der Waals surface area contributed by atoms with E-state index in [0.717, 1.165) is 28.1 Å². The zero-order valence-corrected chi connectivity index (χ0v) is 27.6. The maximum atomic E-state index is 12.5. The van der Waals surface area contributed by atoms with Crippen LogP contribution in [0.15, 0.2) is 84.9 Å². The van der Waals surface area contributed by atoms with E-state index in [0.29, 0.717) is 15.7 Å². The monoisotopic (exact) mass is 723 g/mol. The number of hydrogen-bond acceptors (Lipinski definition) is 7. The van der Waals surface area contributed by atoms with Gasteiger partial charge in [0, 0.05) is 7.05 Å². The number of alkyl halides is 6. The largest absolute Gasteiger partial charge is 0.600 e. The topological polar surface area (TPSA) is 96.0 Å². The number of likely N-dealkylation sites (N-methyl/N-ethyl adjacent to an activating group) is 1. The Morgan fingerprint density at radius 2 is 1.26 bits per heavy atom. The van der Waals surface area contributed by atoms with Gasteiger partial charge in [0.25, 0.3) is 0 Å². The van der Waals surface area contributed by atoms with Gasteiger partial charge in [0.05, 0.1) is 5.92 Å². The van der Waals surface area contributed by atoms with Crippen molar-refractivity contribution in [2.45, 2.75) is 43.2 Å². The van der Waals surface area contributed by atoms with Crippen LogP contribution in [0.2, 0.25) is 5.82 Å². The summed E-state index contributed by atoms with van der Waals surface area (Å²) < 4.78 is 111. The lowest BCUT2D eigenvalue weighted by Gasteiger charge is -2.40. The van der Waals surface area contributed by atoms with E-state index in [-0.39, 0.29) is 48.9 Å². The third kappa shape index (κ3) is 7.00. The molecule has 2 saturated carbocycles. The summed E-state index contributed by atoms with van der Waals surface area (Å²) >= 11 is 0. The highest BCUT2D eigenvalue weighted by atomic mass is 32.2. The quantitative estimate of drug-likeness (QED) is 0.0934. The number of rotatable bonds is 4. The van der Waals surface area contributed by atoms with E-state index in [4.69, 9.17) is 9.31 Å². The molecule has 2 aliphatic carbocycles. The van der Waals surface area contributed by atoms with Gasteiger partial charge in [-0.15, -0.1) is 0 Å². The van der Waals surface area contributed by atoms with Crippen molar-refractivity contribution in [3.8, 4) is 5.75 Å². The number of hydrogen-bond donors (Lipinski definition) is 0. The second kappa shape index (κ2) is 12.5. The molecule has 50 heavy (non-hydrogen) atoms. The normalized spacial score (nSPS) is 28.4. The average Bonchev–Trinajstić information content (AvgIpc) is 3.93. The number of quaternary nitrogens is 1. The number of carbonyl (C=O) groups is 2. The van der Waals surface area contributed by atoms with Crippen molar-refractivity contribution in [3.63, 3.8) is 0 Å². The summed E-state index contributed by atoms with van der Waals surface area (Å²) in [6, 6.07) is 24.1. The smallest absolute Gasteiger partial charge is 0.587 e. The first-order valence-corrected chi connectivity index (χ1v) is 17.2. The van der Waals surface area contributed by atoms with Crippen LogP contribution in [0.4, 0.5) is 26.3 Å². The molecule has 4 fully saturated rings. The number of halogens is 6. The molecule has 4 aromatic rings. The Balaban J connectivity index is 0.000000130. The molecule has 2 saturated heterocycles. The second-order valence-corrected chi connectivity index (χ2v) is 15.0. The number of carbonyl (C=O) groups excluding carboxylic acids is 2. The van der Waals surface area contributed by atoms with E-state index in [1.807, 2.05) is 49.5 Å². The molecule has 0 amide bonds. The molecule has 8 rings (SSSR count). The summed E-state index contributed by atoms with van der Waals surface area (Å²) in [5.74, 6) is -1.56. The predicted molar refractivity (Wildman–Crippen MR) is 172 cm³/mol. The van der Waals surface area contributed by atoms with Gasteiger partial charge in [0.2, 0.25) is 0 Å². The highest BCUT2D eigenvalue weighted by molar-refractivity contribution is 7.88. The molecule has 2 aliphatic heterocycles. The molecule has 0 aromatic heterocycles. The third-order valence-corrected chi connectivity index (χ3v) is 10.8. The van der Waals surface area contributed by atoms with Gasteiger partial charge < -0.3 is 17.9 Å². The molecular weight excluding hydrogens is 691 g/mol. The lowest BCUT2D eigenvalue weighted by atomic mass is 9.61. The minimum Gasteiger partial charge on any atom is -0.600 e. The lowest BCUT2D eigenvalue weighted by Crippen LogP contribution is -2.60. The van der Waals surface area contributed by atoms with Crippen LogP contribution >= 0.6 is 0 Å². The first kappa shape index (κ1) is 35.5. The molecule has 266 valence electrons. The van der Waals surface area contributed by atoms with Crippen molar-refractivity contribution >= 4 is 50.3 Å². The fourth-order valence-electron chi connectivity index (χ4n) is 6.96. The SMILES string of the molecule is C[C@@H]1C[C@H]1[B-]12OC(=O)C[N+]1(C)CC(=O)O2.FC(F)(F)[C@H]1C[C@@H]1c1ccc2ccccc2c1.O=S(=O)(Oc1ccc2ccccc2c1)C(F)(F)F. The van der Waals surface area contributed by atoms with E-state index < -0.39 is 34.4 Å². The fraction of sp³-hybridized carbons (Fsp3) is 0.353. The van der Waals surface area contributed by atoms with Gasteiger partial charge in [-0.05, 0) is 57.4 Å². The number of nitrogens with zero attached hydrogens (tertiary/aromatic N) is 1. The van der Waals surface area contributed by atoms with Gasteiger partial charge in [0.15, 0.2) is 0 Å². The van der Waals surface area contributed by atoms with Gasteiger partial charge >= 0.3 is 40.4 Å². The van der Waals surface area contributed by atoms with E-state index in [1.54, 1.807) is 24.3 Å². The summed E-state index contributed by atoms with van der Waals surface area (Å²) in [4.78, 5) is 22.8. The van der Waals surface area contributed by atoms with Crippen molar-refractivity contribution in [1.82, 2.24) is 0 Å². The Morgan fingerprint density at radius 1 is 0.760 bits per heavy atom. The van der Waals surface area contributed by atoms with Crippen molar-refractivity contribution in [3.05, 3.63) is 90.5 Å². The van der Waals surface area contributed by atoms with E-state index in [1.165, 1.54) is 18.2 Å². The standard InChI is InChI=1S/C14H11F3.C11H7F3O3S.C9H14BNO4/c15-14(16,17)13-8-12(13)11-6-5-9-3-1-2-4-10(9)7-11;12-11(13,14)18(15,16)17-10-6-5-8-3-1-2-4-9(8)7-10;1-6-3-7(6)10-11(2,4-8(12)14-10)5-9(13)15-10/h1-7,12-13H,8H2;1-7H;6-7H,3-5H2,1-2H3/t12-,13+;;6-,7-,10?,11?/m1.1/s1. The van der Waals surface area contributed by atoms with Gasteiger partial charge in [-0.25, -0.2) is 0 Å². The Bertz CT molecular complexity index is 2050. The van der Waals surface area contributed by atoms with E-state index in [9.17, 15) is 44.3 Å². The molecule has 4 aliphatic rings. The lowest BCUT2D eigenvalue weighted by molar-refractivity contribution is -0.794. The van der Waals surface area contributed by atoms with Crippen LogP contribution in [-0.2, 0) is 29.0 Å². The molecule has 0 spiro atoms. The van der Waals surface area contributed by atoms with Gasteiger partial charge in [-0.2, -0.15) is 34.8 Å². The van der Waals surface area contributed by atoms with Crippen LogP contribution in [0.3, 0.4) is 0 Å². The van der Waals surface area contributed by atoms with Crippen molar-refractivity contribution < 1.29 is 62.2 Å². The minimum absolute atomic E-state index is 0.232. The predicted octanol–water partition coefficient (Wildman–Crippen LogP) is 7.47. The van der Waals surface area contributed by atoms with Crippen molar-refractivity contribution in [2.75, 3.05) is 20.1 Å². The molecule has 0 radical (unpaired) electrons. The first-order chi connectivity index (χ1) is 23.3. The summed E-state index contributed by atoms with van der Waals surface area (Å²) in [7, 11) is -3.73. The van der Waals surface area contributed by atoms with Crippen LogP contribution in [0, 0.1) is 11.8 Å². The minimum atomic E-state index is -5.62. The molecular formula is C34H32BF6NO7S. The maximum absolute atomic E-state index is 12.5. The van der Waals surface area contributed by atoms with Gasteiger partial charge in [-0.3, -0.25) is 9.59 Å².